The molecule has 0 spiro atoms. The predicted octanol–water partition coefficient (Wildman–Crippen LogP) is 2.92. The minimum atomic E-state index is 0.0235. The van der Waals surface area contributed by atoms with E-state index in [1.165, 1.54) is 0 Å². The summed E-state index contributed by atoms with van der Waals surface area (Å²) in [6.45, 7) is 3.46. The van der Waals surface area contributed by atoms with Gasteiger partial charge in [-0.2, -0.15) is 0 Å². The first-order valence-corrected chi connectivity index (χ1v) is 6.89. The Labute approximate surface area is 119 Å². The first-order chi connectivity index (χ1) is 9.81. The van der Waals surface area contributed by atoms with E-state index in [4.69, 9.17) is 0 Å². The Morgan fingerprint density at radius 2 is 1.90 bits per heavy atom. The van der Waals surface area contributed by atoms with Gasteiger partial charge in [0.05, 0.1) is 5.56 Å². The van der Waals surface area contributed by atoms with Crippen LogP contribution in [0.1, 0.15) is 35.7 Å². The molecule has 20 heavy (non-hydrogen) atoms. The number of amides is 1. The van der Waals surface area contributed by atoms with Crippen LogP contribution in [-0.4, -0.2) is 27.3 Å². The lowest BCUT2D eigenvalue weighted by Gasteiger charge is -2.22. The quantitative estimate of drug-likeness (QED) is 0.810. The molecule has 0 aromatic carbocycles. The fraction of sp³-hybridized carbons (Fsp3) is 0.312. The highest BCUT2D eigenvalue weighted by Crippen LogP contribution is 2.10. The average molecular weight is 269 g/mol. The summed E-state index contributed by atoms with van der Waals surface area (Å²) in [6.07, 6.45) is 8.88. The van der Waals surface area contributed by atoms with E-state index < -0.39 is 0 Å². The first-order valence-electron chi connectivity index (χ1n) is 6.89. The van der Waals surface area contributed by atoms with Crippen LogP contribution in [0.2, 0.25) is 0 Å². The maximum atomic E-state index is 12.5. The van der Waals surface area contributed by atoms with Gasteiger partial charge in [-0.1, -0.05) is 19.4 Å². The van der Waals surface area contributed by atoms with Crippen LogP contribution < -0.4 is 0 Å². The Morgan fingerprint density at radius 3 is 2.50 bits per heavy atom. The largest absolute Gasteiger partial charge is 0.334 e. The topological polar surface area (TPSA) is 46.1 Å². The van der Waals surface area contributed by atoms with Crippen molar-refractivity contribution in [1.82, 2.24) is 14.9 Å². The molecule has 2 aromatic heterocycles. The third-order valence-corrected chi connectivity index (χ3v) is 3.07. The number of rotatable bonds is 6. The van der Waals surface area contributed by atoms with Crippen LogP contribution in [0.4, 0.5) is 0 Å². The van der Waals surface area contributed by atoms with Crippen molar-refractivity contribution >= 4 is 5.91 Å². The molecule has 0 saturated heterocycles. The van der Waals surface area contributed by atoms with E-state index in [-0.39, 0.29) is 5.91 Å². The third kappa shape index (κ3) is 3.88. The lowest BCUT2D eigenvalue weighted by atomic mass is 10.2. The second kappa shape index (κ2) is 7.38. The molecule has 1 amide bonds. The van der Waals surface area contributed by atoms with E-state index in [1.54, 1.807) is 36.9 Å². The predicted molar refractivity (Wildman–Crippen MR) is 78.1 cm³/mol. The summed E-state index contributed by atoms with van der Waals surface area (Å²) in [5.41, 5.74) is 1.67. The zero-order valence-corrected chi connectivity index (χ0v) is 11.7. The number of carbonyl (C=O) groups is 1. The third-order valence-electron chi connectivity index (χ3n) is 3.07. The zero-order valence-electron chi connectivity index (χ0n) is 11.7. The number of carbonyl (C=O) groups excluding carboxylic acids is 1. The summed E-state index contributed by atoms with van der Waals surface area (Å²) in [7, 11) is 0. The average Bonchev–Trinajstić information content (AvgIpc) is 2.52. The van der Waals surface area contributed by atoms with Gasteiger partial charge < -0.3 is 4.90 Å². The Kier molecular flexibility index (Phi) is 5.24. The van der Waals surface area contributed by atoms with Crippen LogP contribution in [-0.2, 0) is 6.54 Å². The van der Waals surface area contributed by atoms with Gasteiger partial charge in [0.1, 0.15) is 0 Å². The molecule has 2 heterocycles. The molecule has 0 aliphatic heterocycles. The monoisotopic (exact) mass is 269 g/mol. The Morgan fingerprint density at radius 1 is 1.15 bits per heavy atom. The van der Waals surface area contributed by atoms with Crippen LogP contribution in [0.5, 0.6) is 0 Å². The van der Waals surface area contributed by atoms with Crippen molar-refractivity contribution in [2.75, 3.05) is 6.54 Å². The lowest BCUT2D eigenvalue weighted by molar-refractivity contribution is 0.0740. The molecule has 0 fully saturated rings. The van der Waals surface area contributed by atoms with Crippen LogP contribution in [0, 0.1) is 0 Å². The van der Waals surface area contributed by atoms with Gasteiger partial charge in [-0.15, -0.1) is 0 Å². The second-order valence-corrected chi connectivity index (χ2v) is 4.68. The number of pyridine rings is 2. The molecular weight excluding hydrogens is 250 g/mol. The molecule has 0 saturated carbocycles. The van der Waals surface area contributed by atoms with E-state index in [0.717, 1.165) is 24.9 Å². The number of hydrogen-bond donors (Lipinski definition) is 0. The molecule has 0 atom stereocenters. The number of aromatic nitrogens is 2. The molecular formula is C16H19N3O. The number of nitrogens with zero attached hydrogens (tertiary/aromatic N) is 3. The van der Waals surface area contributed by atoms with Crippen LogP contribution >= 0.6 is 0 Å². The van der Waals surface area contributed by atoms with Gasteiger partial charge in [0.15, 0.2) is 0 Å². The van der Waals surface area contributed by atoms with E-state index in [2.05, 4.69) is 16.9 Å². The fourth-order valence-corrected chi connectivity index (χ4v) is 1.99. The van der Waals surface area contributed by atoms with Crippen molar-refractivity contribution < 1.29 is 4.79 Å². The van der Waals surface area contributed by atoms with E-state index in [9.17, 15) is 4.79 Å². The molecule has 104 valence electrons. The standard InChI is InChI=1S/C16H19N3O/c1-2-3-10-19(13-14-6-4-8-17-11-14)16(20)15-7-5-9-18-12-15/h4-9,11-12H,2-3,10,13H2,1H3. The smallest absolute Gasteiger partial charge is 0.255 e. The summed E-state index contributed by atoms with van der Waals surface area (Å²) in [6, 6.07) is 7.47. The normalized spacial score (nSPS) is 10.2. The summed E-state index contributed by atoms with van der Waals surface area (Å²) in [5, 5.41) is 0. The van der Waals surface area contributed by atoms with Crippen molar-refractivity contribution in [3.05, 3.63) is 60.2 Å². The van der Waals surface area contributed by atoms with Crippen molar-refractivity contribution in [2.45, 2.75) is 26.3 Å². The Hall–Kier alpha value is -2.23. The highest BCUT2D eigenvalue weighted by atomic mass is 16.2. The molecule has 2 aromatic rings. The molecule has 0 aliphatic carbocycles. The van der Waals surface area contributed by atoms with Crippen LogP contribution in [0.15, 0.2) is 49.1 Å². The summed E-state index contributed by atoms with van der Waals surface area (Å²) in [4.78, 5) is 22.5. The summed E-state index contributed by atoms with van der Waals surface area (Å²) >= 11 is 0. The van der Waals surface area contributed by atoms with Gasteiger partial charge in [-0.25, -0.2) is 0 Å². The van der Waals surface area contributed by atoms with Gasteiger partial charge in [0.2, 0.25) is 0 Å². The van der Waals surface area contributed by atoms with Crippen molar-refractivity contribution in [2.24, 2.45) is 0 Å². The van der Waals surface area contributed by atoms with E-state index in [1.807, 2.05) is 17.0 Å². The second-order valence-electron chi connectivity index (χ2n) is 4.68. The molecule has 0 N–H and O–H groups in total. The lowest BCUT2D eigenvalue weighted by Crippen LogP contribution is -2.31. The zero-order chi connectivity index (χ0) is 14.2. The Balaban J connectivity index is 2.13. The molecule has 4 nitrogen and oxygen atoms in total. The highest BCUT2D eigenvalue weighted by Gasteiger charge is 2.15. The number of unbranched alkanes of at least 4 members (excludes halogenated alkanes) is 1. The van der Waals surface area contributed by atoms with Crippen molar-refractivity contribution in [3.8, 4) is 0 Å². The number of hydrogen-bond acceptors (Lipinski definition) is 3. The maximum Gasteiger partial charge on any atom is 0.255 e. The molecule has 4 heteroatoms. The summed E-state index contributed by atoms with van der Waals surface area (Å²) < 4.78 is 0. The first kappa shape index (κ1) is 14.2. The molecule has 2 rings (SSSR count). The Bertz CT molecular complexity index is 528. The minimum absolute atomic E-state index is 0.0235. The maximum absolute atomic E-state index is 12.5. The van der Waals surface area contributed by atoms with Gasteiger partial charge in [0, 0.05) is 37.9 Å². The summed E-state index contributed by atoms with van der Waals surface area (Å²) in [5.74, 6) is 0.0235. The van der Waals surface area contributed by atoms with Gasteiger partial charge in [-0.3, -0.25) is 14.8 Å². The van der Waals surface area contributed by atoms with Gasteiger partial charge in [0.25, 0.3) is 5.91 Å². The molecule has 0 unspecified atom stereocenters. The fourth-order valence-electron chi connectivity index (χ4n) is 1.99. The van der Waals surface area contributed by atoms with Crippen LogP contribution in [0.25, 0.3) is 0 Å². The van der Waals surface area contributed by atoms with Crippen molar-refractivity contribution in [3.63, 3.8) is 0 Å². The van der Waals surface area contributed by atoms with E-state index >= 15 is 0 Å². The van der Waals surface area contributed by atoms with Gasteiger partial charge >= 0.3 is 0 Å². The minimum Gasteiger partial charge on any atom is -0.334 e. The molecule has 0 radical (unpaired) electrons. The van der Waals surface area contributed by atoms with E-state index in [0.29, 0.717) is 12.1 Å². The van der Waals surface area contributed by atoms with Gasteiger partial charge in [-0.05, 0) is 30.2 Å². The highest BCUT2D eigenvalue weighted by molar-refractivity contribution is 5.93. The molecule has 0 bridgehead atoms. The molecule has 0 aliphatic rings. The van der Waals surface area contributed by atoms with Crippen molar-refractivity contribution in [1.29, 1.82) is 0 Å². The van der Waals surface area contributed by atoms with Crippen LogP contribution in [0.3, 0.4) is 0 Å². The SMILES string of the molecule is CCCCN(Cc1cccnc1)C(=O)c1cccnc1.